The van der Waals surface area contributed by atoms with Crippen molar-refractivity contribution in [1.29, 1.82) is 0 Å². The number of H-pyrrole nitrogens is 1. The first kappa shape index (κ1) is 22.7. The van der Waals surface area contributed by atoms with E-state index >= 15 is 0 Å². The fourth-order valence-corrected chi connectivity index (χ4v) is 4.65. The molecule has 0 amide bonds. The lowest BCUT2D eigenvalue weighted by atomic mass is 10.1. The molecule has 0 atom stereocenters. The number of aromatic amines is 1. The number of morpholine rings is 1. The summed E-state index contributed by atoms with van der Waals surface area (Å²) >= 11 is 6.13. The lowest BCUT2D eigenvalue weighted by molar-refractivity contribution is 0.0363. The maximum absolute atomic E-state index is 13.5. The fraction of sp³-hybridized carbons (Fsp3) is 0.308. The van der Waals surface area contributed by atoms with Gasteiger partial charge in [0.05, 0.1) is 29.8 Å². The summed E-state index contributed by atoms with van der Waals surface area (Å²) in [6.07, 6.45) is 0.713. The Bertz CT molecular complexity index is 1380. The maximum atomic E-state index is 13.5. The van der Waals surface area contributed by atoms with Crippen LogP contribution in [0.4, 0.5) is 0 Å². The Morgan fingerprint density at radius 3 is 2.38 bits per heavy atom. The molecule has 1 saturated heterocycles. The Balaban J connectivity index is 1.57. The van der Waals surface area contributed by atoms with Crippen molar-refractivity contribution in [2.24, 2.45) is 0 Å². The zero-order valence-corrected chi connectivity index (χ0v) is 19.6. The highest BCUT2D eigenvalue weighted by Crippen LogP contribution is 2.26. The maximum Gasteiger partial charge on any atom is 0.276 e. The summed E-state index contributed by atoms with van der Waals surface area (Å²) in [4.78, 5) is 29.1. The van der Waals surface area contributed by atoms with Gasteiger partial charge in [-0.25, -0.2) is 0 Å². The van der Waals surface area contributed by atoms with Crippen LogP contribution in [-0.4, -0.2) is 52.1 Å². The average Bonchev–Trinajstić information content (AvgIpc) is 3.17. The van der Waals surface area contributed by atoms with Gasteiger partial charge in [-0.3, -0.25) is 24.3 Å². The van der Waals surface area contributed by atoms with Crippen molar-refractivity contribution < 1.29 is 4.74 Å². The van der Waals surface area contributed by atoms with Gasteiger partial charge in [-0.2, -0.15) is 0 Å². The van der Waals surface area contributed by atoms with Gasteiger partial charge in [0.2, 0.25) is 0 Å². The third-order valence-electron chi connectivity index (χ3n) is 6.35. The number of nitrogens with zero attached hydrogens (tertiary/aromatic N) is 3. The van der Waals surface area contributed by atoms with Gasteiger partial charge in [0.15, 0.2) is 0 Å². The third-order valence-corrected chi connectivity index (χ3v) is 6.60. The Morgan fingerprint density at radius 2 is 1.65 bits per heavy atom. The highest BCUT2D eigenvalue weighted by Gasteiger charge is 2.20. The molecule has 4 aromatic rings. The van der Waals surface area contributed by atoms with Gasteiger partial charge >= 0.3 is 0 Å². The van der Waals surface area contributed by atoms with E-state index in [2.05, 4.69) is 10.00 Å². The van der Waals surface area contributed by atoms with E-state index in [4.69, 9.17) is 16.3 Å². The first-order valence-corrected chi connectivity index (χ1v) is 11.9. The van der Waals surface area contributed by atoms with Gasteiger partial charge in [0.1, 0.15) is 0 Å². The van der Waals surface area contributed by atoms with E-state index in [0.29, 0.717) is 60.9 Å². The lowest BCUT2D eigenvalue weighted by Crippen LogP contribution is -2.39. The molecule has 0 bridgehead atoms. The molecule has 2 aromatic heterocycles. The summed E-state index contributed by atoms with van der Waals surface area (Å²) in [7, 11) is 0. The predicted molar refractivity (Wildman–Crippen MR) is 135 cm³/mol. The van der Waals surface area contributed by atoms with Crippen LogP contribution in [0.3, 0.4) is 0 Å². The summed E-state index contributed by atoms with van der Waals surface area (Å²) in [5.74, 6) is 0. The molecule has 1 N–H and O–H groups in total. The number of rotatable bonds is 7. The van der Waals surface area contributed by atoms with Crippen LogP contribution in [0.2, 0.25) is 5.02 Å². The van der Waals surface area contributed by atoms with Crippen LogP contribution in [0.1, 0.15) is 5.56 Å². The van der Waals surface area contributed by atoms with Crippen molar-refractivity contribution in [2.45, 2.75) is 19.5 Å². The number of benzene rings is 2. The summed E-state index contributed by atoms with van der Waals surface area (Å²) in [6, 6.07) is 18.9. The lowest BCUT2D eigenvalue weighted by Gasteiger charge is -2.27. The van der Waals surface area contributed by atoms with Crippen molar-refractivity contribution in [1.82, 2.24) is 19.2 Å². The number of fused-ring (bicyclic) bond motifs is 1. The second kappa shape index (κ2) is 10.0. The van der Waals surface area contributed by atoms with Crippen LogP contribution in [0, 0.1) is 0 Å². The van der Waals surface area contributed by atoms with Gasteiger partial charge in [-0.15, -0.1) is 0 Å². The number of hydrogen-bond acceptors (Lipinski definition) is 4. The second-order valence-electron chi connectivity index (χ2n) is 8.54. The standard InChI is InChI=1S/C26H27ClN4O3/c27-21-8-6-20(7-9-21)25-24-22(18-23(32)30(25)13-12-29-14-16-34-17-15-29)28-31(26(24)33)11-10-19-4-2-1-3-5-19/h1-9,18,28H,10-17H2. The fourth-order valence-electron chi connectivity index (χ4n) is 4.52. The molecule has 1 fully saturated rings. The molecule has 7 nitrogen and oxygen atoms in total. The molecule has 1 aliphatic heterocycles. The molecule has 5 rings (SSSR count). The van der Waals surface area contributed by atoms with E-state index in [1.807, 2.05) is 42.5 Å². The van der Waals surface area contributed by atoms with E-state index in [1.165, 1.54) is 6.07 Å². The van der Waals surface area contributed by atoms with Gasteiger partial charge in [0.25, 0.3) is 11.1 Å². The smallest absolute Gasteiger partial charge is 0.276 e. The van der Waals surface area contributed by atoms with Gasteiger partial charge in [-0.05, 0) is 29.7 Å². The number of aromatic nitrogens is 3. The van der Waals surface area contributed by atoms with Crippen molar-refractivity contribution in [2.75, 3.05) is 32.8 Å². The zero-order valence-electron chi connectivity index (χ0n) is 18.9. The molecule has 0 aliphatic carbocycles. The largest absolute Gasteiger partial charge is 0.379 e. The van der Waals surface area contributed by atoms with Crippen LogP contribution in [0.15, 0.2) is 70.3 Å². The van der Waals surface area contributed by atoms with Crippen molar-refractivity contribution in [3.63, 3.8) is 0 Å². The third kappa shape index (κ3) is 4.73. The van der Waals surface area contributed by atoms with E-state index in [-0.39, 0.29) is 11.1 Å². The molecular weight excluding hydrogens is 452 g/mol. The van der Waals surface area contributed by atoms with Crippen LogP contribution >= 0.6 is 11.6 Å². The molecule has 0 radical (unpaired) electrons. The van der Waals surface area contributed by atoms with Crippen LogP contribution < -0.4 is 11.1 Å². The van der Waals surface area contributed by atoms with Crippen molar-refractivity contribution in [3.05, 3.63) is 92.0 Å². The highest BCUT2D eigenvalue weighted by molar-refractivity contribution is 6.30. The number of halogens is 1. The zero-order chi connectivity index (χ0) is 23.5. The van der Waals surface area contributed by atoms with E-state index < -0.39 is 0 Å². The summed E-state index contributed by atoms with van der Waals surface area (Å²) in [5, 5.41) is 4.30. The first-order valence-electron chi connectivity index (χ1n) is 11.6. The molecule has 0 spiro atoms. The van der Waals surface area contributed by atoms with E-state index in [9.17, 15) is 9.59 Å². The number of nitrogens with one attached hydrogen (secondary N) is 1. The van der Waals surface area contributed by atoms with Gasteiger partial charge in [0, 0.05) is 43.8 Å². The van der Waals surface area contributed by atoms with E-state index in [0.717, 1.165) is 24.2 Å². The normalized spacial score (nSPS) is 14.6. The molecule has 0 saturated carbocycles. The van der Waals surface area contributed by atoms with Gasteiger partial charge < -0.3 is 9.30 Å². The Morgan fingerprint density at radius 1 is 0.912 bits per heavy atom. The van der Waals surface area contributed by atoms with Crippen LogP contribution in [-0.2, 0) is 24.2 Å². The topological polar surface area (TPSA) is 72.3 Å². The van der Waals surface area contributed by atoms with E-state index in [1.54, 1.807) is 21.4 Å². The average molecular weight is 479 g/mol. The van der Waals surface area contributed by atoms with Crippen LogP contribution in [0.5, 0.6) is 0 Å². The minimum absolute atomic E-state index is 0.129. The minimum atomic E-state index is -0.137. The molecule has 34 heavy (non-hydrogen) atoms. The quantitative estimate of drug-likeness (QED) is 0.442. The Kier molecular flexibility index (Phi) is 6.67. The molecule has 2 aromatic carbocycles. The summed E-state index contributed by atoms with van der Waals surface area (Å²) < 4.78 is 8.76. The Labute approximate surface area is 202 Å². The molecule has 1 aliphatic rings. The highest BCUT2D eigenvalue weighted by atomic mass is 35.5. The summed E-state index contributed by atoms with van der Waals surface area (Å²) in [6.45, 7) is 4.76. The number of pyridine rings is 1. The first-order chi connectivity index (χ1) is 16.6. The number of hydrogen-bond donors (Lipinski definition) is 1. The number of ether oxygens (including phenoxy) is 1. The monoisotopic (exact) mass is 478 g/mol. The van der Waals surface area contributed by atoms with Crippen molar-refractivity contribution >= 4 is 22.5 Å². The summed E-state index contributed by atoms with van der Waals surface area (Å²) in [5.41, 5.74) is 2.86. The Hall–Kier alpha value is -3.13. The van der Waals surface area contributed by atoms with Crippen molar-refractivity contribution in [3.8, 4) is 11.3 Å². The molecule has 3 heterocycles. The van der Waals surface area contributed by atoms with Crippen LogP contribution in [0.25, 0.3) is 22.2 Å². The molecule has 176 valence electrons. The number of aryl methyl sites for hydroxylation is 2. The second-order valence-corrected chi connectivity index (χ2v) is 8.97. The van der Waals surface area contributed by atoms with Gasteiger partial charge in [-0.1, -0.05) is 54.1 Å². The SMILES string of the molecule is O=c1c2c(-c3ccc(Cl)cc3)n(CCN3CCOCC3)c(=O)cc2[nH]n1CCc1ccccc1. The minimum Gasteiger partial charge on any atom is -0.379 e. The molecule has 8 heteroatoms. The molecular formula is C26H27ClN4O3. The predicted octanol–water partition coefficient (Wildman–Crippen LogP) is 3.39. The molecule has 0 unspecified atom stereocenters.